The van der Waals surface area contributed by atoms with Crippen LogP contribution in [-0.4, -0.2) is 34.4 Å². The number of benzene rings is 2. The lowest BCUT2D eigenvalue weighted by molar-refractivity contribution is -0.120. The summed E-state index contributed by atoms with van der Waals surface area (Å²) >= 11 is 0. The van der Waals surface area contributed by atoms with Crippen LogP contribution in [-0.2, 0) is 10.2 Å². The number of nitrogens with one attached hydrogen (secondary N) is 2. The fraction of sp³-hybridized carbons (Fsp3) is 0.190. The number of likely N-dealkylation sites (tertiary alicyclic amines) is 1. The summed E-state index contributed by atoms with van der Waals surface area (Å²) in [7, 11) is 0. The van der Waals surface area contributed by atoms with Crippen LogP contribution < -0.4 is 5.32 Å². The van der Waals surface area contributed by atoms with Crippen LogP contribution in [0, 0.1) is 6.57 Å². The van der Waals surface area contributed by atoms with Gasteiger partial charge in [-0.25, -0.2) is 6.57 Å². The zero-order chi connectivity index (χ0) is 18.6. The molecular formula is C21H16N4O2. The van der Waals surface area contributed by atoms with E-state index in [0.717, 1.165) is 22.2 Å². The van der Waals surface area contributed by atoms with Gasteiger partial charge in [-0.2, -0.15) is 0 Å². The summed E-state index contributed by atoms with van der Waals surface area (Å²) in [5.74, 6) is -0.384. The fourth-order valence-corrected chi connectivity index (χ4v) is 4.28. The third-order valence-corrected chi connectivity index (χ3v) is 5.63. The lowest BCUT2D eigenvalue weighted by Gasteiger charge is -2.20. The van der Waals surface area contributed by atoms with E-state index in [2.05, 4.69) is 15.1 Å². The number of hydrogen-bond acceptors (Lipinski definition) is 2. The molecule has 2 N–H and O–H groups in total. The standard InChI is InChI=1S/C21H16N4O2/c1-22-18-11-21(14-7-3-5-9-16(14)24-20(21)27)12-25(18)19(26)17-10-13-6-2-4-8-15(13)23-17/h2-10,18,23H,11-12H2,(H,24,27)/t18-,21-/m0/s1. The van der Waals surface area contributed by atoms with Gasteiger partial charge in [0.15, 0.2) is 0 Å². The van der Waals surface area contributed by atoms with E-state index >= 15 is 0 Å². The summed E-state index contributed by atoms with van der Waals surface area (Å²) in [6.45, 7) is 7.79. The number of anilines is 1. The molecule has 0 radical (unpaired) electrons. The van der Waals surface area contributed by atoms with Crippen molar-refractivity contribution in [3.8, 4) is 0 Å². The fourth-order valence-electron chi connectivity index (χ4n) is 4.28. The minimum atomic E-state index is -0.854. The Hall–Kier alpha value is -3.59. The summed E-state index contributed by atoms with van der Waals surface area (Å²) in [6.07, 6.45) is -0.355. The van der Waals surface area contributed by atoms with E-state index in [1.165, 1.54) is 4.90 Å². The van der Waals surface area contributed by atoms with Gasteiger partial charge in [0.2, 0.25) is 5.91 Å². The number of H-pyrrole nitrogens is 1. The first-order valence-electron chi connectivity index (χ1n) is 8.79. The first-order chi connectivity index (χ1) is 13.1. The maximum Gasteiger partial charge on any atom is 0.302 e. The zero-order valence-electron chi connectivity index (χ0n) is 14.4. The molecule has 1 saturated heterocycles. The van der Waals surface area contributed by atoms with Crippen LogP contribution in [0.4, 0.5) is 5.69 Å². The largest absolute Gasteiger partial charge is 0.351 e. The van der Waals surface area contributed by atoms with Crippen molar-refractivity contribution in [2.45, 2.75) is 18.0 Å². The van der Waals surface area contributed by atoms with Crippen molar-refractivity contribution >= 4 is 28.4 Å². The van der Waals surface area contributed by atoms with Gasteiger partial charge in [0.1, 0.15) is 11.1 Å². The molecule has 2 aromatic carbocycles. The summed E-state index contributed by atoms with van der Waals surface area (Å²) in [4.78, 5) is 34.3. The molecule has 1 aromatic heterocycles. The van der Waals surface area contributed by atoms with Crippen molar-refractivity contribution < 1.29 is 9.59 Å². The maximum atomic E-state index is 13.2. The molecule has 6 nitrogen and oxygen atoms in total. The minimum Gasteiger partial charge on any atom is -0.351 e. The van der Waals surface area contributed by atoms with Crippen molar-refractivity contribution in [1.82, 2.24) is 9.88 Å². The Morgan fingerprint density at radius 2 is 1.96 bits per heavy atom. The van der Waals surface area contributed by atoms with E-state index in [9.17, 15) is 9.59 Å². The van der Waals surface area contributed by atoms with Crippen LogP contribution in [0.25, 0.3) is 15.7 Å². The van der Waals surface area contributed by atoms with E-state index in [4.69, 9.17) is 6.57 Å². The highest BCUT2D eigenvalue weighted by atomic mass is 16.2. The van der Waals surface area contributed by atoms with Crippen molar-refractivity contribution in [3.05, 3.63) is 77.3 Å². The number of carbonyl (C=O) groups excluding carboxylic acids is 2. The van der Waals surface area contributed by atoms with Crippen LogP contribution in [0.15, 0.2) is 54.6 Å². The van der Waals surface area contributed by atoms with E-state index < -0.39 is 11.6 Å². The minimum absolute atomic E-state index is 0.135. The van der Waals surface area contributed by atoms with Crippen molar-refractivity contribution in [3.63, 3.8) is 0 Å². The van der Waals surface area contributed by atoms with Crippen molar-refractivity contribution in [1.29, 1.82) is 0 Å². The first kappa shape index (κ1) is 15.6. The molecule has 3 aromatic rings. The molecule has 132 valence electrons. The van der Waals surface area contributed by atoms with Gasteiger partial charge in [-0.05, 0) is 23.8 Å². The van der Waals surface area contributed by atoms with Gasteiger partial charge in [-0.3, -0.25) is 19.3 Å². The van der Waals surface area contributed by atoms with Gasteiger partial charge in [0.25, 0.3) is 5.91 Å². The summed E-state index contributed by atoms with van der Waals surface area (Å²) in [5, 5.41) is 3.85. The molecule has 27 heavy (non-hydrogen) atoms. The summed E-state index contributed by atoms with van der Waals surface area (Å²) < 4.78 is 0. The molecule has 1 fully saturated rings. The Labute approximate surface area is 155 Å². The Balaban J connectivity index is 1.55. The van der Waals surface area contributed by atoms with Gasteiger partial charge in [0.05, 0.1) is 6.42 Å². The predicted molar refractivity (Wildman–Crippen MR) is 101 cm³/mol. The zero-order valence-corrected chi connectivity index (χ0v) is 14.4. The van der Waals surface area contributed by atoms with E-state index in [-0.39, 0.29) is 18.4 Å². The highest BCUT2D eigenvalue weighted by Gasteiger charge is 2.58. The molecular weight excluding hydrogens is 340 g/mol. The van der Waals surface area contributed by atoms with Crippen LogP contribution in [0.1, 0.15) is 22.5 Å². The first-order valence-corrected chi connectivity index (χ1v) is 8.79. The van der Waals surface area contributed by atoms with Crippen molar-refractivity contribution in [2.75, 3.05) is 11.9 Å². The molecule has 2 aliphatic rings. The van der Waals surface area contributed by atoms with Gasteiger partial charge in [-0.15, -0.1) is 0 Å². The summed E-state index contributed by atoms with van der Waals surface area (Å²) in [6, 6.07) is 17.0. The Morgan fingerprint density at radius 3 is 2.78 bits per heavy atom. The molecule has 2 aliphatic heterocycles. The lowest BCUT2D eigenvalue weighted by Crippen LogP contribution is -2.40. The number of amides is 2. The second kappa shape index (κ2) is 5.45. The highest BCUT2D eigenvalue weighted by Crippen LogP contribution is 2.46. The van der Waals surface area contributed by atoms with Crippen LogP contribution in [0.5, 0.6) is 0 Å². The molecule has 6 heteroatoms. The molecule has 2 amide bonds. The van der Waals surface area contributed by atoms with E-state index in [0.29, 0.717) is 12.1 Å². The lowest BCUT2D eigenvalue weighted by atomic mass is 9.80. The second-order valence-corrected chi connectivity index (χ2v) is 7.10. The number of aromatic nitrogens is 1. The van der Waals surface area contributed by atoms with Crippen LogP contribution in [0.2, 0.25) is 0 Å². The molecule has 1 spiro atoms. The predicted octanol–water partition coefficient (Wildman–Crippen LogP) is 3.15. The van der Waals surface area contributed by atoms with Gasteiger partial charge >= 0.3 is 6.17 Å². The number of rotatable bonds is 1. The summed E-state index contributed by atoms with van der Waals surface area (Å²) in [5.41, 5.74) is 2.10. The molecule has 0 unspecified atom stereocenters. The third-order valence-electron chi connectivity index (χ3n) is 5.63. The number of carbonyl (C=O) groups is 2. The number of hydrogen-bond donors (Lipinski definition) is 2. The van der Waals surface area contributed by atoms with Gasteiger partial charge in [-0.1, -0.05) is 36.4 Å². The molecule has 0 saturated carbocycles. The normalized spacial score (nSPS) is 23.4. The number of para-hydroxylation sites is 2. The smallest absolute Gasteiger partial charge is 0.302 e. The molecule has 2 atom stereocenters. The SMILES string of the molecule is [C-]#[N+][C@@H]1C[C@@]2(CN1C(=O)c1cc3ccccc3[nH]1)C(=O)Nc1ccccc12. The molecule has 3 heterocycles. The van der Waals surface area contributed by atoms with E-state index in [1.807, 2.05) is 48.5 Å². The van der Waals surface area contributed by atoms with Crippen LogP contribution >= 0.6 is 0 Å². The molecule has 0 bridgehead atoms. The van der Waals surface area contributed by atoms with Crippen molar-refractivity contribution in [2.24, 2.45) is 0 Å². The number of fused-ring (bicyclic) bond motifs is 3. The Morgan fingerprint density at radius 1 is 1.19 bits per heavy atom. The van der Waals surface area contributed by atoms with E-state index in [1.54, 1.807) is 6.07 Å². The Kier molecular flexibility index (Phi) is 3.16. The average molecular weight is 356 g/mol. The highest BCUT2D eigenvalue weighted by molar-refractivity contribution is 6.08. The average Bonchev–Trinajstić information content (AvgIpc) is 3.36. The molecule has 0 aliphatic carbocycles. The van der Waals surface area contributed by atoms with Crippen LogP contribution in [0.3, 0.4) is 0 Å². The topological polar surface area (TPSA) is 69.6 Å². The number of nitrogens with zero attached hydrogens (tertiary/aromatic N) is 2. The monoisotopic (exact) mass is 356 g/mol. The quantitative estimate of drug-likeness (QED) is 0.658. The number of aromatic amines is 1. The third kappa shape index (κ3) is 2.12. The Bertz CT molecular complexity index is 1110. The van der Waals surface area contributed by atoms with Gasteiger partial charge < -0.3 is 10.3 Å². The molecule has 5 rings (SSSR count). The maximum absolute atomic E-state index is 13.2. The van der Waals surface area contributed by atoms with Gasteiger partial charge in [0, 0.05) is 23.1 Å². The second-order valence-electron chi connectivity index (χ2n) is 7.10.